The average Bonchev–Trinajstić information content (AvgIpc) is 2.66. The van der Waals surface area contributed by atoms with Crippen LogP contribution in [0.1, 0.15) is 36.8 Å². The van der Waals surface area contributed by atoms with Crippen molar-refractivity contribution in [2.45, 2.75) is 32.1 Å². The van der Waals surface area contributed by atoms with Crippen LogP contribution in [0.4, 0.5) is 0 Å². The second kappa shape index (κ2) is 2.98. The summed E-state index contributed by atoms with van der Waals surface area (Å²) in [6, 6.07) is 8.82. The van der Waals surface area contributed by atoms with Crippen molar-refractivity contribution < 1.29 is 0 Å². The summed E-state index contributed by atoms with van der Waals surface area (Å²) < 4.78 is 0. The van der Waals surface area contributed by atoms with E-state index in [-0.39, 0.29) is 0 Å². The number of hydrogen-bond donors (Lipinski definition) is 0. The highest BCUT2D eigenvalue weighted by atomic mass is 14.4. The Kier molecular flexibility index (Phi) is 1.76. The molecule has 0 atom stereocenters. The van der Waals surface area contributed by atoms with Crippen LogP contribution in [0.2, 0.25) is 0 Å². The fourth-order valence-corrected chi connectivity index (χ4v) is 2.99. The number of fused-ring (bicyclic) bond motifs is 1. The molecule has 0 saturated heterocycles. The summed E-state index contributed by atoms with van der Waals surface area (Å²) in [6.07, 6.45) is 11.7. The first-order valence-corrected chi connectivity index (χ1v) is 5.65. The van der Waals surface area contributed by atoms with Gasteiger partial charge >= 0.3 is 0 Å². The highest BCUT2D eigenvalue weighted by molar-refractivity contribution is 5.58. The van der Waals surface area contributed by atoms with Crippen LogP contribution in [-0.4, -0.2) is 0 Å². The van der Waals surface area contributed by atoms with Gasteiger partial charge in [0, 0.05) is 0 Å². The van der Waals surface area contributed by atoms with Crippen LogP contribution in [0.3, 0.4) is 0 Å². The molecule has 0 amide bonds. The maximum atomic E-state index is 2.47. The molecule has 0 aromatic heterocycles. The van der Waals surface area contributed by atoms with Gasteiger partial charge in [-0.2, -0.15) is 0 Å². The predicted molar refractivity (Wildman–Crippen MR) is 60.1 cm³/mol. The third-order valence-electron chi connectivity index (χ3n) is 3.81. The van der Waals surface area contributed by atoms with E-state index in [0.717, 1.165) is 0 Å². The Bertz CT molecular complexity index is 367. The maximum absolute atomic E-state index is 2.47. The predicted octanol–water partition coefficient (Wildman–Crippen LogP) is 3.82. The Balaban J connectivity index is 2.00. The lowest BCUT2D eigenvalue weighted by molar-refractivity contribution is 0.391. The van der Waals surface area contributed by atoms with E-state index >= 15 is 0 Å². The van der Waals surface area contributed by atoms with Gasteiger partial charge in [0.15, 0.2) is 0 Å². The summed E-state index contributed by atoms with van der Waals surface area (Å²) >= 11 is 0. The summed E-state index contributed by atoms with van der Waals surface area (Å²) in [5.74, 6) is 0. The van der Waals surface area contributed by atoms with Crippen LogP contribution < -0.4 is 0 Å². The number of rotatable bonds is 0. The molecule has 2 aliphatic rings. The van der Waals surface area contributed by atoms with E-state index in [2.05, 4.69) is 36.4 Å². The van der Waals surface area contributed by atoms with Crippen molar-refractivity contribution in [2.24, 2.45) is 5.41 Å². The molecule has 14 heavy (non-hydrogen) atoms. The van der Waals surface area contributed by atoms with Gasteiger partial charge in [-0.05, 0) is 35.8 Å². The maximum Gasteiger partial charge on any atom is -0.00743 e. The van der Waals surface area contributed by atoms with Gasteiger partial charge in [-0.15, -0.1) is 0 Å². The second-order valence-electron chi connectivity index (χ2n) is 4.78. The van der Waals surface area contributed by atoms with E-state index in [0.29, 0.717) is 5.41 Å². The molecule has 1 spiro atoms. The van der Waals surface area contributed by atoms with Gasteiger partial charge < -0.3 is 0 Å². The monoisotopic (exact) mass is 184 g/mol. The van der Waals surface area contributed by atoms with Crippen LogP contribution in [0, 0.1) is 5.41 Å². The van der Waals surface area contributed by atoms with E-state index in [4.69, 9.17) is 0 Å². The van der Waals surface area contributed by atoms with E-state index in [9.17, 15) is 0 Å². The second-order valence-corrected chi connectivity index (χ2v) is 4.78. The highest BCUT2D eigenvalue weighted by Crippen LogP contribution is 2.45. The molecule has 2 aliphatic carbocycles. The van der Waals surface area contributed by atoms with Crippen molar-refractivity contribution in [3.63, 3.8) is 0 Å². The number of allylic oxidation sites excluding steroid dienone is 1. The quantitative estimate of drug-likeness (QED) is 0.575. The Morgan fingerprint density at radius 3 is 2.64 bits per heavy atom. The fourth-order valence-electron chi connectivity index (χ4n) is 2.99. The molecule has 0 N–H and O–H groups in total. The average molecular weight is 184 g/mol. The Morgan fingerprint density at radius 2 is 1.79 bits per heavy atom. The van der Waals surface area contributed by atoms with Crippen LogP contribution in [0.25, 0.3) is 6.08 Å². The zero-order valence-electron chi connectivity index (χ0n) is 8.50. The Hall–Kier alpha value is -1.04. The number of hydrogen-bond acceptors (Lipinski definition) is 0. The summed E-state index contributed by atoms with van der Waals surface area (Å²) in [5.41, 5.74) is 3.52. The first-order chi connectivity index (χ1) is 6.88. The summed E-state index contributed by atoms with van der Waals surface area (Å²) in [6.45, 7) is 0. The van der Waals surface area contributed by atoms with E-state index in [1.165, 1.54) is 37.7 Å². The lowest BCUT2D eigenvalue weighted by Gasteiger charge is -2.29. The topological polar surface area (TPSA) is 0 Å². The Morgan fingerprint density at radius 1 is 1.00 bits per heavy atom. The molecule has 0 nitrogen and oxygen atoms in total. The van der Waals surface area contributed by atoms with E-state index < -0.39 is 0 Å². The van der Waals surface area contributed by atoms with Gasteiger partial charge in [0.2, 0.25) is 0 Å². The van der Waals surface area contributed by atoms with Crippen LogP contribution >= 0.6 is 0 Å². The largest absolute Gasteiger partial charge is 0.0774 e. The number of benzene rings is 1. The zero-order valence-corrected chi connectivity index (χ0v) is 8.50. The summed E-state index contributed by atoms with van der Waals surface area (Å²) in [4.78, 5) is 0. The fraction of sp³-hybridized carbons (Fsp3) is 0.429. The molecular weight excluding hydrogens is 168 g/mol. The van der Waals surface area contributed by atoms with Crippen molar-refractivity contribution >= 4 is 6.08 Å². The molecule has 3 rings (SSSR count). The van der Waals surface area contributed by atoms with Crippen molar-refractivity contribution in [2.75, 3.05) is 0 Å². The SMILES string of the molecule is C1=CC2(CCCC2)Cc2ccccc21. The summed E-state index contributed by atoms with van der Waals surface area (Å²) in [5, 5.41) is 0. The smallest absolute Gasteiger partial charge is 0.00743 e. The zero-order chi connectivity index (χ0) is 9.43. The minimum atomic E-state index is 0.536. The van der Waals surface area contributed by atoms with Crippen LogP contribution in [0.15, 0.2) is 30.3 Å². The third kappa shape index (κ3) is 1.21. The van der Waals surface area contributed by atoms with Crippen molar-refractivity contribution in [1.29, 1.82) is 0 Å². The first-order valence-electron chi connectivity index (χ1n) is 5.65. The van der Waals surface area contributed by atoms with Gasteiger partial charge in [-0.1, -0.05) is 49.3 Å². The molecule has 1 aromatic rings. The molecular formula is C14H16. The highest BCUT2D eigenvalue weighted by Gasteiger charge is 2.33. The van der Waals surface area contributed by atoms with Gasteiger partial charge in [-0.25, -0.2) is 0 Å². The minimum Gasteiger partial charge on any atom is -0.0774 e. The standard InChI is InChI=1S/C14H16/c1-2-6-13-11-14(8-3-4-9-14)10-7-12(13)5-1/h1-2,5-7,10H,3-4,8-9,11H2. The van der Waals surface area contributed by atoms with E-state index in [1.54, 1.807) is 5.56 Å². The normalized spacial score (nSPS) is 22.6. The molecule has 1 aromatic carbocycles. The molecule has 0 heteroatoms. The van der Waals surface area contributed by atoms with Crippen LogP contribution in [-0.2, 0) is 6.42 Å². The van der Waals surface area contributed by atoms with E-state index in [1.807, 2.05) is 0 Å². The lowest BCUT2D eigenvalue weighted by atomic mass is 9.75. The van der Waals surface area contributed by atoms with Gasteiger partial charge in [0.25, 0.3) is 0 Å². The van der Waals surface area contributed by atoms with Gasteiger partial charge in [0.1, 0.15) is 0 Å². The Labute approximate surface area is 85.6 Å². The van der Waals surface area contributed by atoms with Crippen molar-refractivity contribution in [1.82, 2.24) is 0 Å². The molecule has 1 saturated carbocycles. The lowest BCUT2D eigenvalue weighted by Crippen LogP contribution is -2.19. The molecule has 0 unspecified atom stereocenters. The molecule has 0 heterocycles. The molecule has 0 bridgehead atoms. The van der Waals surface area contributed by atoms with Gasteiger partial charge in [-0.3, -0.25) is 0 Å². The minimum absolute atomic E-state index is 0.536. The van der Waals surface area contributed by atoms with Gasteiger partial charge in [0.05, 0.1) is 0 Å². The van der Waals surface area contributed by atoms with Crippen LogP contribution in [0.5, 0.6) is 0 Å². The third-order valence-corrected chi connectivity index (χ3v) is 3.81. The molecule has 0 radical (unpaired) electrons. The first kappa shape index (κ1) is 8.28. The molecule has 72 valence electrons. The van der Waals surface area contributed by atoms with Crippen molar-refractivity contribution in [3.8, 4) is 0 Å². The molecule has 1 fully saturated rings. The van der Waals surface area contributed by atoms with Crippen molar-refractivity contribution in [3.05, 3.63) is 41.5 Å². The molecule has 0 aliphatic heterocycles. The summed E-state index contributed by atoms with van der Waals surface area (Å²) in [7, 11) is 0.